The van der Waals surface area contributed by atoms with Crippen molar-refractivity contribution < 1.29 is 13.2 Å². The number of hydrogen-bond donors (Lipinski definition) is 2. The predicted octanol–water partition coefficient (Wildman–Crippen LogP) is 5.26. The van der Waals surface area contributed by atoms with E-state index >= 15 is 0 Å². The summed E-state index contributed by atoms with van der Waals surface area (Å²) in [6, 6.07) is 20.4. The molecule has 35 heavy (non-hydrogen) atoms. The van der Waals surface area contributed by atoms with Crippen molar-refractivity contribution in [1.29, 1.82) is 0 Å². The number of rotatable bonds is 7. The molecule has 0 saturated carbocycles. The van der Waals surface area contributed by atoms with E-state index in [0.29, 0.717) is 11.4 Å². The highest BCUT2D eigenvalue weighted by molar-refractivity contribution is 7.92. The van der Waals surface area contributed by atoms with E-state index in [1.54, 1.807) is 12.1 Å². The highest BCUT2D eigenvalue weighted by atomic mass is 32.2. The molecule has 0 bridgehead atoms. The van der Waals surface area contributed by atoms with E-state index in [2.05, 4.69) is 46.1 Å². The fourth-order valence-electron chi connectivity index (χ4n) is 4.51. The molecular weight excluding hydrogens is 458 g/mol. The molecule has 1 heterocycles. The fraction of sp³-hybridized carbons (Fsp3) is 0.321. The van der Waals surface area contributed by atoms with Crippen LogP contribution in [-0.2, 0) is 21.4 Å². The second-order valence-electron chi connectivity index (χ2n) is 9.36. The van der Waals surface area contributed by atoms with Crippen LogP contribution in [0, 0.1) is 26.7 Å². The molecule has 4 rings (SSSR count). The first-order chi connectivity index (χ1) is 16.7. The molecule has 1 aliphatic rings. The summed E-state index contributed by atoms with van der Waals surface area (Å²) in [4.78, 5) is 15.4. The summed E-state index contributed by atoms with van der Waals surface area (Å²) < 4.78 is 28.4. The summed E-state index contributed by atoms with van der Waals surface area (Å²) in [6.45, 7) is 8.55. The predicted molar refractivity (Wildman–Crippen MR) is 141 cm³/mol. The lowest BCUT2D eigenvalue weighted by Gasteiger charge is -2.31. The minimum absolute atomic E-state index is 0.00944. The zero-order valence-electron chi connectivity index (χ0n) is 20.5. The standard InChI is InChI=1S/C28H33N3O3S/c1-20-7-4-5-10-24(20)19-31-17-15-23(16-18-31)28(32)29-25-11-13-26(14-12-25)35(33,34)30-27-21(2)8-6-9-22(27)3/h4-14,23,30H,15-19H2,1-3H3,(H,29,32). The van der Waals surface area contributed by atoms with Gasteiger partial charge in [0.15, 0.2) is 0 Å². The molecule has 6 nitrogen and oxygen atoms in total. The number of nitrogens with zero attached hydrogens (tertiary/aromatic N) is 1. The van der Waals surface area contributed by atoms with Gasteiger partial charge in [-0.15, -0.1) is 0 Å². The molecule has 1 aliphatic heterocycles. The number of benzene rings is 3. The Hall–Kier alpha value is -3.16. The fourth-order valence-corrected chi connectivity index (χ4v) is 5.72. The van der Waals surface area contributed by atoms with Crippen molar-refractivity contribution in [3.05, 3.63) is 89.0 Å². The van der Waals surface area contributed by atoms with E-state index in [1.165, 1.54) is 23.3 Å². The van der Waals surface area contributed by atoms with Crippen LogP contribution >= 0.6 is 0 Å². The highest BCUT2D eigenvalue weighted by Crippen LogP contribution is 2.25. The van der Waals surface area contributed by atoms with Crippen LogP contribution < -0.4 is 10.0 Å². The SMILES string of the molecule is Cc1ccccc1CN1CCC(C(=O)Nc2ccc(S(=O)(=O)Nc3c(C)cccc3C)cc2)CC1. The number of nitrogens with one attached hydrogen (secondary N) is 2. The van der Waals surface area contributed by atoms with Crippen molar-refractivity contribution >= 4 is 27.3 Å². The van der Waals surface area contributed by atoms with Gasteiger partial charge in [-0.1, -0.05) is 42.5 Å². The third-order valence-electron chi connectivity index (χ3n) is 6.76. The molecule has 0 unspecified atom stereocenters. The maximum absolute atomic E-state index is 12.9. The van der Waals surface area contributed by atoms with Crippen LogP contribution in [0.3, 0.4) is 0 Å². The van der Waals surface area contributed by atoms with Crippen LogP contribution in [-0.4, -0.2) is 32.3 Å². The molecule has 0 radical (unpaired) electrons. The number of sulfonamides is 1. The summed E-state index contributed by atoms with van der Waals surface area (Å²) in [5.41, 5.74) is 5.55. The van der Waals surface area contributed by atoms with Gasteiger partial charge in [0.05, 0.1) is 10.6 Å². The first kappa shape index (κ1) is 24.9. The monoisotopic (exact) mass is 491 g/mol. The van der Waals surface area contributed by atoms with Crippen molar-refractivity contribution in [3.63, 3.8) is 0 Å². The number of aryl methyl sites for hydroxylation is 3. The van der Waals surface area contributed by atoms with Gasteiger partial charge in [-0.25, -0.2) is 8.42 Å². The number of carbonyl (C=O) groups excluding carboxylic acids is 1. The Kier molecular flexibility index (Phi) is 7.57. The molecule has 3 aromatic rings. The van der Waals surface area contributed by atoms with Gasteiger partial charge in [0, 0.05) is 18.2 Å². The molecule has 3 aromatic carbocycles. The lowest BCUT2D eigenvalue weighted by Crippen LogP contribution is -2.37. The Morgan fingerprint density at radius 1 is 0.857 bits per heavy atom. The zero-order chi connectivity index (χ0) is 25.0. The second kappa shape index (κ2) is 10.6. The number of amides is 1. The molecule has 1 amide bonds. The first-order valence-corrected chi connectivity index (χ1v) is 13.5. The topological polar surface area (TPSA) is 78.5 Å². The molecule has 0 spiro atoms. The van der Waals surface area contributed by atoms with Gasteiger partial charge in [0.2, 0.25) is 5.91 Å². The van der Waals surface area contributed by atoms with Crippen molar-refractivity contribution in [2.45, 2.75) is 45.1 Å². The lowest BCUT2D eigenvalue weighted by molar-refractivity contribution is -0.121. The molecule has 1 saturated heterocycles. The third kappa shape index (κ3) is 6.10. The Labute approximate surface area is 208 Å². The average molecular weight is 492 g/mol. The lowest BCUT2D eigenvalue weighted by atomic mass is 9.95. The number of hydrogen-bond acceptors (Lipinski definition) is 4. The molecule has 7 heteroatoms. The summed E-state index contributed by atoms with van der Waals surface area (Å²) in [7, 11) is -3.73. The second-order valence-corrected chi connectivity index (χ2v) is 11.0. The van der Waals surface area contributed by atoms with Gasteiger partial charge in [0.25, 0.3) is 10.0 Å². The van der Waals surface area contributed by atoms with Gasteiger partial charge in [-0.05, 0) is 93.2 Å². The largest absolute Gasteiger partial charge is 0.326 e. The zero-order valence-corrected chi connectivity index (χ0v) is 21.4. The smallest absolute Gasteiger partial charge is 0.261 e. The summed E-state index contributed by atoms with van der Waals surface area (Å²) in [5, 5.41) is 2.96. The summed E-state index contributed by atoms with van der Waals surface area (Å²) >= 11 is 0. The molecule has 0 aromatic heterocycles. The van der Waals surface area contributed by atoms with E-state index in [1.807, 2.05) is 32.0 Å². The van der Waals surface area contributed by atoms with Crippen molar-refractivity contribution in [2.75, 3.05) is 23.1 Å². The van der Waals surface area contributed by atoms with Crippen molar-refractivity contribution in [2.24, 2.45) is 5.92 Å². The van der Waals surface area contributed by atoms with Gasteiger partial charge >= 0.3 is 0 Å². The third-order valence-corrected chi connectivity index (χ3v) is 8.13. The van der Waals surface area contributed by atoms with E-state index in [9.17, 15) is 13.2 Å². The number of piperidine rings is 1. The van der Waals surface area contributed by atoms with Crippen LogP contribution in [0.1, 0.15) is 35.1 Å². The van der Waals surface area contributed by atoms with Crippen LogP contribution in [0.4, 0.5) is 11.4 Å². The Morgan fingerprint density at radius 3 is 2.09 bits per heavy atom. The molecule has 184 valence electrons. The van der Waals surface area contributed by atoms with E-state index in [0.717, 1.165) is 43.6 Å². The minimum Gasteiger partial charge on any atom is -0.326 e. The van der Waals surface area contributed by atoms with Crippen LogP contribution in [0.2, 0.25) is 0 Å². The first-order valence-electron chi connectivity index (χ1n) is 12.0. The van der Waals surface area contributed by atoms with Crippen molar-refractivity contribution in [3.8, 4) is 0 Å². The average Bonchev–Trinajstić information content (AvgIpc) is 2.84. The van der Waals surface area contributed by atoms with Gasteiger partial charge < -0.3 is 5.32 Å². The van der Waals surface area contributed by atoms with E-state index in [4.69, 9.17) is 0 Å². The summed E-state index contributed by atoms with van der Waals surface area (Å²) in [6.07, 6.45) is 1.62. The van der Waals surface area contributed by atoms with Gasteiger partial charge in [0.1, 0.15) is 0 Å². The number of para-hydroxylation sites is 1. The summed E-state index contributed by atoms with van der Waals surface area (Å²) in [5.74, 6) is -0.0537. The molecular formula is C28H33N3O3S. The number of anilines is 2. The maximum Gasteiger partial charge on any atom is 0.261 e. The van der Waals surface area contributed by atoms with Crippen LogP contribution in [0.15, 0.2) is 71.6 Å². The number of likely N-dealkylation sites (tertiary alicyclic amines) is 1. The van der Waals surface area contributed by atoms with Gasteiger partial charge in [-0.3, -0.25) is 14.4 Å². The number of carbonyl (C=O) groups is 1. The molecule has 0 atom stereocenters. The maximum atomic E-state index is 12.9. The normalized spacial score (nSPS) is 15.1. The van der Waals surface area contributed by atoms with E-state index < -0.39 is 10.0 Å². The Bertz CT molecular complexity index is 1280. The molecule has 2 N–H and O–H groups in total. The van der Waals surface area contributed by atoms with Gasteiger partial charge in [-0.2, -0.15) is 0 Å². The molecule has 0 aliphatic carbocycles. The quantitative estimate of drug-likeness (QED) is 0.472. The highest BCUT2D eigenvalue weighted by Gasteiger charge is 2.25. The van der Waals surface area contributed by atoms with Crippen LogP contribution in [0.25, 0.3) is 0 Å². The minimum atomic E-state index is -3.73. The Balaban J connectivity index is 1.32. The van der Waals surface area contributed by atoms with Crippen LogP contribution in [0.5, 0.6) is 0 Å². The Morgan fingerprint density at radius 2 is 1.46 bits per heavy atom. The molecule has 1 fully saturated rings. The van der Waals surface area contributed by atoms with E-state index in [-0.39, 0.29) is 16.7 Å². The van der Waals surface area contributed by atoms with Crippen molar-refractivity contribution in [1.82, 2.24) is 4.90 Å².